The van der Waals surface area contributed by atoms with Gasteiger partial charge in [-0.3, -0.25) is 9.59 Å². The van der Waals surface area contributed by atoms with Crippen molar-refractivity contribution < 1.29 is 18.0 Å². The number of nitrogens with one attached hydrogen (secondary N) is 3. The summed E-state index contributed by atoms with van der Waals surface area (Å²) in [5.74, 6) is -0.171. The van der Waals surface area contributed by atoms with Crippen LogP contribution in [0.2, 0.25) is 0 Å². The average Bonchev–Trinajstić information content (AvgIpc) is 3.01. The monoisotopic (exact) mass is 379 g/mol. The quantitative estimate of drug-likeness (QED) is 0.699. The van der Waals surface area contributed by atoms with Gasteiger partial charge in [0.2, 0.25) is 21.8 Å². The Morgan fingerprint density at radius 2 is 1.92 bits per heavy atom. The first-order chi connectivity index (χ1) is 12.4. The molecule has 1 aliphatic carbocycles. The lowest BCUT2D eigenvalue weighted by Crippen LogP contribution is -2.35. The van der Waals surface area contributed by atoms with Crippen molar-refractivity contribution in [2.45, 2.75) is 62.3 Å². The van der Waals surface area contributed by atoms with Gasteiger partial charge in [-0.25, -0.2) is 13.1 Å². The van der Waals surface area contributed by atoms with Gasteiger partial charge in [-0.2, -0.15) is 0 Å². The molecule has 26 heavy (non-hydrogen) atoms. The second kappa shape index (κ2) is 8.18. The number of carbonyl (C=O) groups is 2. The summed E-state index contributed by atoms with van der Waals surface area (Å²) in [6, 6.07) is 4.94. The number of fused-ring (bicyclic) bond motifs is 1. The van der Waals surface area contributed by atoms with Gasteiger partial charge in [0, 0.05) is 31.1 Å². The first kappa shape index (κ1) is 18.8. The normalized spacial score (nSPS) is 18.1. The van der Waals surface area contributed by atoms with Crippen LogP contribution >= 0.6 is 0 Å². The second-order valence-corrected chi connectivity index (χ2v) is 8.68. The van der Waals surface area contributed by atoms with E-state index in [2.05, 4.69) is 15.4 Å². The number of carbonyl (C=O) groups excluding carboxylic acids is 2. The zero-order chi connectivity index (χ0) is 18.6. The Hall–Kier alpha value is -1.93. The molecule has 1 fully saturated rings. The maximum atomic E-state index is 12.5. The van der Waals surface area contributed by atoms with E-state index in [9.17, 15) is 18.0 Å². The second-order valence-electron chi connectivity index (χ2n) is 6.92. The van der Waals surface area contributed by atoms with Crippen LogP contribution in [0, 0.1) is 0 Å². The van der Waals surface area contributed by atoms with Crippen molar-refractivity contribution in [2.24, 2.45) is 0 Å². The van der Waals surface area contributed by atoms with E-state index >= 15 is 0 Å². The molecule has 0 spiro atoms. The van der Waals surface area contributed by atoms with Gasteiger partial charge in [-0.05, 0) is 49.4 Å². The molecule has 1 aromatic carbocycles. The SMILES string of the molecule is O=C1CCCc2cc(S(=O)(=O)NCCC(=O)NC3CCCC3)ccc2N1. The number of rotatable bonds is 6. The highest BCUT2D eigenvalue weighted by Gasteiger charge is 2.20. The fourth-order valence-corrected chi connectivity index (χ4v) is 4.55. The summed E-state index contributed by atoms with van der Waals surface area (Å²) in [5.41, 5.74) is 1.49. The molecule has 1 aromatic rings. The standard InChI is InChI=1S/C18H25N3O4S/c22-17-7-3-4-13-12-15(8-9-16(13)21-17)26(24,25)19-11-10-18(23)20-14-5-1-2-6-14/h8-9,12,14,19H,1-7,10-11H2,(H,20,23)(H,21,22). The van der Waals surface area contributed by atoms with Crippen LogP contribution in [0.5, 0.6) is 0 Å². The molecule has 7 nitrogen and oxygen atoms in total. The Bertz CT molecular complexity index is 786. The lowest BCUT2D eigenvalue weighted by Gasteiger charge is -2.13. The fourth-order valence-electron chi connectivity index (χ4n) is 3.47. The molecular weight excluding hydrogens is 354 g/mol. The maximum absolute atomic E-state index is 12.5. The molecule has 1 heterocycles. The van der Waals surface area contributed by atoms with Crippen molar-refractivity contribution in [3.63, 3.8) is 0 Å². The van der Waals surface area contributed by atoms with Crippen molar-refractivity contribution in [3.8, 4) is 0 Å². The Morgan fingerprint density at radius 1 is 1.15 bits per heavy atom. The molecule has 0 unspecified atom stereocenters. The lowest BCUT2D eigenvalue weighted by atomic mass is 10.1. The third kappa shape index (κ3) is 4.82. The minimum Gasteiger partial charge on any atom is -0.353 e. The topological polar surface area (TPSA) is 104 Å². The van der Waals surface area contributed by atoms with Gasteiger partial charge in [0.05, 0.1) is 4.90 Å². The smallest absolute Gasteiger partial charge is 0.240 e. The predicted octanol–water partition coefficient (Wildman–Crippen LogP) is 1.69. The molecule has 8 heteroatoms. The Labute approximate surface area is 154 Å². The first-order valence-electron chi connectivity index (χ1n) is 9.16. The van der Waals surface area contributed by atoms with Crippen LogP contribution in [0.1, 0.15) is 50.5 Å². The Balaban J connectivity index is 1.57. The number of anilines is 1. The summed E-state index contributed by atoms with van der Waals surface area (Å²) in [6.07, 6.45) is 6.18. The van der Waals surface area contributed by atoms with Gasteiger partial charge < -0.3 is 10.6 Å². The van der Waals surface area contributed by atoms with Gasteiger partial charge in [-0.15, -0.1) is 0 Å². The van der Waals surface area contributed by atoms with Crippen molar-refractivity contribution >= 4 is 27.5 Å². The molecule has 3 rings (SSSR count). The van der Waals surface area contributed by atoms with E-state index in [0.717, 1.165) is 31.2 Å². The molecule has 0 atom stereocenters. The fraction of sp³-hybridized carbons (Fsp3) is 0.556. The molecule has 0 radical (unpaired) electrons. The molecule has 142 valence electrons. The predicted molar refractivity (Wildman–Crippen MR) is 98.2 cm³/mol. The van der Waals surface area contributed by atoms with Gasteiger partial charge in [0.15, 0.2) is 0 Å². The maximum Gasteiger partial charge on any atom is 0.240 e. The van der Waals surface area contributed by atoms with Gasteiger partial charge in [0.25, 0.3) is 0 Å². The zero-order valence-electron chi connectivity index (χ0n) is 14.7. The van der Waals surface area contributed by atoms with Crippen LogP contribution in [-0.4, -0.2) is 32.8 Å². The molecule has 2 aliphatic rings. The molecule has 1 aliphatic heterocycles. The molecular formula is C18H25N3O4S. The largest absolute Gasteiger partial charge is 0.353 e. The molecule has 0 saturated heterocycles. The van der Waals surface area contributed by atoms with Crippen LogP contribution in [-0.2, 0) is 26.0 Å². The number of sulfonamides is 1. The van der Waals surface area contributed by atoms with Gasteiger partial charge >= 0.3 is 0 Å². The number of amides is 2. The summed E-state index contributed by atoms with van der Waals surface area (Å²) >= 11 is 0. The van der Waals surface area contributed by atoms with Crippen LogP contribution in [0.25, 0.3) is 0 Å². The van der Waals surface area contributed by atoms with Crippen LogP contribution in [0.4, 0.5) is 5.69 Å². The summed E-state index contributed by atoms with van der Waals surface area (Å²) in [6.45, 7) is 0.0642. The third-order valence-electron chi connectivity index (χ3n) is 4.88. The number of aryl methyl sites for hydroxylation is 1. The molecule has 3 N–H and O–H groups in total. The van der Waals surface area contributed by atoms with Crippen LogP contribution in [0.15, 0.2) is 23.1 Å². The van der Waals surface area contributed by atoms with E-state index in [1.807, 2.05) is 0 Å². The number of hydrogen-bond donors (Lipinski definition) is 3. The molecule has 2 amide bonds. The summed E-state index contributed by atoms with van der Waals surface area (Å²) in [7, 11) is -3.68. The first-order valence-corrected chi connectivity index (χ1v) is 10.6. The van der Waals surface area contributed by atoms with Crippen molar-refractivity contribution in [1.29, 1.82) is 0 Å². The van der Waals surface area contributed by atoms with Crippen molar-refractivity contribution in [1.82, 2.24) is 10.0 Å². The number of hydrogen-bond acceptors (Lipinski definition) is 4. The Morgan fingerprint density at radius 3 is 2.69 bits per heavy atom. The minimum absolute atomic E-state index is 0.0502. The average molecular weight is 379 g/mol. The van der Waals surface area contributed by atoms with E-state index < -0.39 is 10.0 Å². The van der Waals surface area contributed by atoms with E-state index in [-0.39, 0.29) is 35.7 Å². The minimum atomic E-state index is -3.68. The highest BCUT2D eigenvalue weighted by Crippen LogP contribution is 2.25. The summed E-state index contributed by atoms with van der Waals surface area (Å²) in [4.78, 5) is 23.6. The number of benzene rings is 1. The molecule has 0 aromatic heterocycles. The molecule has 0 bridgehead atoms. The van der Waals surface area contributed by atoms with E-state index in [1.54, 1.807) is 12.1 Å². The van der Waals surface area contributed by atoms with E-state index in [1.165, 1.54) is 6.07 Å². The van der Waals surface area contributed by atoms with E-state index in [4.69, 9.17) is 0 Å². The summed E-state index contributed by atoms with van der Waals surface area (Å²) < 4.78 is 27.4. The van der Waals surface area contributed by atoms with Crippen LogP contribution in [0.3, 0.4) is 0 Å². The van der Waals surface area contributed by atoms with Crippen molar-refractivity contribution in [2.75, 3.05) is 11.9 Å². The van der Waals surface area contributed by atoms with Gasteiger partial charge in [-0.1, -0.05) is 12.8 Å². The van der Waals surface area contributed by atoms with Crippen LogP contribution < -0.4 is 15.4 Å². The van der Waals surface area contributed by atoms with Gasteiger partial charge in [0.1, 0.15) is 0 Å². The Kier molecular flexibility index (Phi) is 5.93. The highest BCUT2D eigenvalue weighted by atomic mass is 32.2. The van der Waals surface area contributed by atoms with E-state index in [0.29, 0.717) is 24.9 Å². The molecule has 1 saturated carbocycles. The summed E-state index contributed by atoms with van der Waals surface area (Å²) in [5, 5.41) is 5.73. The lowest BCUT2D eigenvalue weighted by molar-refractivity contribution is -0.121. The zero-order valence-corrected chi connectivity index (χ0v) is 15.5. The third-order valence-corrected chi connectivity index (χ3v) is 6.33. The highest BCUT2D eigenvalue weighted by molar-refractivity contribution is 7.89. The van der Waals surface area contributed by atoms with Crippen molar-refractivity contribution in [3.05, 3.63) is 23.8 Å².